The SMILES string of the molecule is ClC1=CC=C(Cl)CC1. The van der Waals surface area contributed by atoms with E-state index in [1.165, 1.54) is 0 Å². The van der Waals surface area contributed by atoms with E-state index in [1.807, 2.05) is 12.2 Å². The van der Waals surface area contributed by atoms with Crippen molar-refractivity contribution in [2.45, 2.75) is 12.8 Å². The molecular weight excluding hydrogens is 143 g/mol. The van der Waals surface area contributed by atoms with Crippen molar-refractivity contribution in [3.63, 3.8) is 0 Å². The van der Waals surface area contributed by atoms with E-state index < -0.39 is 0 Å². The minimum atomic E-state index is 0.898. The highest BCUT2D eigenvalue weighted by Gasteiger charge is 1.99. The molecule has 0 bridgehead atoms. The third-order valence-electron chi connectivity index (χ3n) is 1.05. The van der Waals surface area contributed by atoms with Gasteiger partial charge in [0.15, 0.2) is 0 Å². The van der Waals surface area contributed by atoms with Crippen molar-refractivity contribution in [1.82, 2.24) is 0 Å². The largest absolute Gasteiger partial charge is 0.0891 e. The van der Waals surface area contributed by atoms with Crippen LogP contribution in [0.4, 0.5) is 0 Å². The van der Waals surface area contributed by atoms with E-state index in [0.717, 1.165) is 22.9 Å². The standard InChI is InChI=1S/C6H6Cl2/c7-5-1-2-6(8)4-3-5/h1-2H,3-4H2. The molecule has 0 aliphatic heterocycles. The Hall–Kier alpha value is 0.0600. The van der Waals surface area contributed by atoms with Crippen molar-refractivity contribution in [1.29, 1.82) is 0 Å². The summed E-state index contributed by atoms with van der Waals surface area (Å²) in [6, 6.07) is 0. The summed E-state index contributed by atoms with van der Waals surface area (Å²) < 4.78 is 0. The van der Waals surface area contributed by atoms with Crippen molar-refractivity contribution < 1.29 is 0 Å². The molecule has 0 amide bonds. The predicted molar refractivity (Wildman–Crippen MR) is 37.1 cm³/mol. The van der Waals surface area contributed by atoms with Gasteiger partial charge in [0.05, 0.1) is 0 Å². The van der Waals surface area contributed by atoms with Gasteiger partial charge in [-0.2, -0.15) is 0 Å². The molecule has 0 radical (unpaired) electrons. The molecule has 0 fully saturated rings. The molecule has 1 aliphatic carbocycles. The Kier molecular flexibility index (Phi) is 1.98. The van der Waals surface area contributed by atoms with Crippen LogP contribution in [0.3, 0.4) is 0 Å². The maximum Gasteiger partial charge on any atom is 0.0185 e. The number of hydrogen-bond acceptors (Lipinski definition) is 0. The zero-order valence-electron chi connectivity index (χ0n) is 4.32. The maximum absolute atomic E-state index is 5.64. The summed E-state index contributed by atoms with van der Waals surface area (Å²) >= 11 is 11.3. The smallest absolute Gasteiger partial charge is 0.0185 e. The molecule has 2 heteroatoms. The van der Waals surface area contributed by atoms with Gasteiger partial charge in [0.25, 0.3) is 0 Å². The van der Waals surface area contributed by atoms with E-state index in [1.54, 1.807) is 0 Å². The lowest BCUT2D eigenvalue weighted by molar-refractivity contribution is 0.999. The molecule has 44 valence electrons. The summed E-state index contributed by atoms with van der Waals surface area (Å²) in [7, 11) is 0. The lowest BCUT2D eigenvalue weighted by Crippen LogP contribution is -1.81. The molecule has 8 heavy (non-hydrogen) atoms. The van der Waals surface area contributed by atoms with E-state index in [4.69, 9.17) is 23.2 Å². The highest BCUT2D eigenvalue weighted by molar-refractivity contribution is 6.32. The zero-order chi connectivity index (χ0) is 5.98. The first-order valence-corrected chi connectivity index (χ1v) is 3.25. The van der Waals surface area contributed by atoms with Crippen LogP contribution < -0.4 is 0 Å². The van der Waals surface area contributed by atoms with E-state index >= 15 is 0 Å². The number of halogens is 2. The summed E-state index contributed by atoms with van der Waals surface area (Å²) in [5.74, 6) is 0. The highest BCUT2D eigenvalue weighted by Crippen LogP contribution is 2.22. The quantitative estimate of drug-likeness (QED) is 0.496. The molecule has 1 aliphatic rings. The van der Waals surface area contributed by atoms with Gasteiger partial charge in [-0.05, 0) is 25.0 Å². The van der Waals surface area contributed by atoms with Crippen LogP contribution in [0.15, 0.2) is 22.2 Å². The van der Waals surface area contributed by atoms with Crippen LogP contribution in [0, 0.1) is 0 Å². The first-order chi connectivity index (χ1) is 3.79. The van der Waals surface area contributed by atoms with E-state index in [2.05, 4.69) is 0 Å². The van der Waals surface area contributed by atoms with Crippen molar-refractivity contribution in [2.75, 3.05) is 0 Å². The Balaban J connectivity index is 2.65. The molecule has 0 heterocycles. The third-order valence-corrected chi connectivity index (χ3v) is 1.68. The second-order valence-electron chi connectivity index (χ2n) is 1.73. The summed E-state index contributed by atoms with van der Waals surface area (Å²) in [6.07, 6.45) is 5.48. The molecule has 1 rings (SSSR count). The first-order valence-electron chi connectivity index (χ1n) is 2.50. The average molecular weight is 149 g/mol. The van der Waals surface area contributed by atoms with Gasteiger partial charge in [-0.25, -0.2) is 0 Å². The Morgan fingerprint density at radius 3 is 1.62 bits per heavy atom. The topological polar surface area (TPSA) is 0 Å². The number of rotatable bonds is 0. The van der Waals surface area contributed by atoms with Gasteiger partial charge in [0, 0.05) is 10.1 Å². The summed E-state index contributed by atoms with van der Waals surface area (Å²) in [5, 5.41) is 1.80. The zero-order valence-corrected chi connectivity index (χ0v) is 5.84. The van der Waals surface area contributed by atoms with Crippen molar-refractivity contribution in [2.24, 2.45) is 0 Å². The fourth-order valence-corrected chi connectivity index (χ4v) is 0.901. The molecule has 0 aromatic heterocycles. The lowest BCUT2D eigenvalue weighted by Gasteiger charge is -2.01. The molecule has 0 aromatic carbocycles. The molecule has 0 saturated carbocycles. The van der Waals surface area contributed by atoms with Crippen molar-refractivity contribution in [3.05, 3.63) is 22.2 Å². The Morgan fingerprint density at radius 2 is 1.38 bits per heavy atom. The first kappa shape index (κ1) is 6.18. The Labute approximate surface area is 58.8 Å². The fourth-order valence-electron chi connectivity index (χ4n) is 0.586. The number of allylic oxidation sites excluding steroid dienone is 4. The van der Waals surface area contributed by atoms with Gasteiger partial charge in [-0.1, -0.05) is 23.2 Å². The third kappa shape index (κ3) is 1.53. The van der Waals surface area contributed by atoms with Crippen LogP contribution in [-0.4, -0.2) is 0 Å². The van der Waals surface area contributed by atoms with Crippen molar-refractivity contribution in [3.8, 4) is 0 Å². The molecule has 0 nitrogen and oxygen atoms in total. The molecule has 0 atom stereocenters. The molecule has 0 N–H and O–H groups in total. The van der Waals surface area contributed by atoms with E-state index in [9.17, 15) is 0 Å². The van der Waals surface area contributed by atoms with Gasteiger partial charge in [0.2, 0.25) is 0 Å². The normalized spacial score (nSPS) is 19.8. The van der Waals surface area contributed by atoms with Crippen LogP contribution in [0.5, 0.6) is 0 Å². The minimum Gasteiger partial charge on any atom is -0.0891 e. The van der Waals surface area contributed by atoms with Crippen LogP contribution in [0.2, 0.25) is 0 Å². The summed E-state index contributed by atoms with van der Waals surface area (Å²) in [4.78, 5) is 0. The van der Waals surface area contributed by atoms with E-state index in [0.29, 0.717) is 0 Å². The maximum atomic E-state index is 5.64. The van der Waals surface area contributed by atoms with E-state index in [-0.39, 0.29) is 0 Å². The molecule has 0 saturated heterocycles. The van der Waals surface area contributed by atoms with Gasteiger partial charge in [-0.15, -0.1) is 0 Å². The summed E-state index contributed by atoms with van der Waals surface area (Å²) in [6.45, 7) is 0. The highest BCUT2D eigenvalue weighted by atomic mass is 35.5. The lowest BCUT2D eigenvalue weighted by atomic mass is 10.2. The predicted octanol–water partition coefficient (Wildman–Crippen LogP) is 3.03. The average Bonchev–Trinajstić information content (AvgIpc) is 1.77. The fraction of sp³-hybridized carbons (Fsp3) is 0.333. The second kappa shape index (κ2) is 2.56. The second-order valence-corrected chi connectivity index (χ2v) is 2.70. The minimum absolute atomic E-state index is 0.898. The Morgan fingerprint density at radius 1 is 1.00 bits per heavy atom. The van der Waals surface area contributed by atoms with Crippen LogP contribution in [0.25, 0.3) is 0 Å². The van der Waals surface area contributed by atoms with Crippen LogP contribution in [0.1, 0.15) is 12.8 Å². The van der Waals surface area contributed by atoms with Crippen LogP contribution >= 0.6 is 23.2 Å². The van der Waals surface area contributed by atoms with Gasteiger partial charge in [-0.3, -0.25) is 0 Å². The Bertz CT molecular complexity index is 127. The van der Waals surface area contributed by atoms with Gasteiger partial charge < -0.3 is 0 Å². The summed E-state index contributed by atoms with van der Waals surface area (Å²) in [5.41, 5.74) is 0. The molecule has 0 unspecified atom stereocenters. The van der Waals surface area contributed by atoms with Gasteiger partial charge in [0.1, 0.15) is 0 Å². The molecule has 0 aromatic rings. The van der Waals surface area contributed by atoms with Crippen molar-refractivity contribution >= 4 is 23.2 Å². The number of hydrogen-bond donors (Lipinski definition) is 0. The monoisotopic (exact) mass is 148 g/mol. The molecule has 0 spiro atoms. The van der Waals surface area contributed by atoms with Crippen LogP contribution in [-0.2, 0) is 0 Å². The molecular formula is C6H6Cl2. The van der Waals surface area contributed by atoms with Gasteiger partial charge >= 0.3 is 0 Å².